The molecule has 0 unspecified atom stereocenters. The van der Waals surface area contributed by atoms with Crippen LogP contribution in [0.5, 0.6) is 11.6 Å². The lowest BCUT2D eigenvalue weighted by Gasteiger charge is -2.09. The normalized spacial score (nSPS) is 9.89. The molecule has 2 rings (SSSR count). The molecule has 0 saturated carbocycles. The van der Waals surface area contributed by atoms with Crippen molar-refractivity contribution in [1.82, 2.24) is 15.0 Å². The summed E-state index contributed by atoms with van der Waals surface area (Å²) < 4.78 is 10.2. The number of carbonyl (C=O) groups is 1. The Labute approximate surface area is 104 Å². The molecular weight excluding hydrogens is 234 g/mol. The maximum Gasteiger partial charge on any atom is 0.345 e. The number of nitrogens with zero attached hydrogens (tertiary/aromatic N) is 3. The Morgan fingerprint density at radius 2 is 2.17 bits per heavy atom. The fraction of sp³-hybridized carbons (Fsp3) is 0.167. The third-order valence-corrected chi connectivity index (χ3v) is 2.25. The summed E-state index contributed by atoms with van der Waals surface area (Å²) in [5.41, 5.74) is 0.871. The zero-order chi connectivity index (χ0) is 13.0. The predicted molar refractivity (Wildman–Crippen MR) is 62.4 cm³/mol. The summed E-state index contributed by atoms with van der Waals surface area (Å²) in [5, 5.41) is 0. The van der Waals surface area contributed by atoms with Crippen LogP contribution in [0.1, 0.15) is 16.1 Å². The standard InChI is InChI=1S/C12H11N3O3/c1-8-10(4-3-5-14-8)18-11-9(12(16)17-2)6-13-7-15-11/h3-7H,1-2H3. The second kappa shape index (κ2) is 5.22. The highest BCUT2D eigenvalue weighted by Crippen LogP contribution is 2.24. The number of aryl methyl sites for hydroxylation is 1. The average molecular weight is 245 g/mol. The van der Waals surface area contributed by atoms with E-state index < -0.39 is 5.97 Å². The van der Waals surface area contributed by atoms with E-state index in [4.69, 9.17) is 4.74 Å². The van der Waals surface area contributed by atoms with E-state index in [0.717, 1.165) is 0 Å². The molecule has 2 aromatic rings. The summed E-state index contributed by atoms with van der Waals surface area (Å²) in [4.78, 5) is 23.3. The van der Waals surface area contributed by atoms with Crippen LogP contribution in [0.2, 0.25) is 0 Å². The monoisotopic (exact) mass is 245 g/mol. The largest absolute Gasteiger partial charge is 0.465 e. The quantitative estimate of drug-likeness (QED) is 0.767. The molecule has 6 heteroatoms. The molecule has 0 aromatic carbocycles. The average Bonchev–Trinajstić information content (AvgIpc) is 2.41. The summed E-state index contributed by atoms with van der Waals surface area (Å²) in [6.45, 7) is 1.80. The molecule has 0 aliphatic heterocycles. The van der Waals surface area contributed by atoms with Gasteiger partial charge in [0.25, 0.3) is 0 Å². The summed E-state index contributed by atoms with van der Waals surface area (Å²) in [7, 11) is 1.29. The number of rotatable bonds is 3. The molecule has 2 heterocycles. The molecule has 0 saturated heterocycles. The van der Waals surface area contributed by atoms with Crippen LogP contribution in [-0.4, -0.2) is 28.0 Å². The van der Waals surface area contributed by atoms with Crippen LogP contribution in [0.15, 0.2) is 30.9 Å². The van der Waals surface area contributed by atoms with Gasteiger partial charge in [0, 0.05) is 12.4 Å². The molecule has 0 fully saturated rings. The molecule has 0 aliphatic carbocycles. The molecule has 18 heavy (non-hydrogen) atoms. The van der Waals surface area contributed by atoms with Gasteiger partial charge in [-0.25, -0.2) is 14.8 Å². The number of esters is 1. The molecule has 2 aromatic heterocycles. The Morgan fingerprint density at radius 3 is 2.89 bits per heavy atom. The van der Waals surface area contributed by atoms with Crippen molar-refractivity contribution in [2.75, 3.05) is 7.11 Å². The van der Waals surface area contributed by atoms with E-state index in [1.165, 1.54) is 19.6 Å². The number of methoxy groups -OCH3 is 1. The summed E-state index contributed by atoms with van der Waals surface area (Å²) >= 11 is 0. The van der Waals surface area contributed by atoms with Gasteiger partial charge in [0.2, 0.25) is 5.88 Å². The Bertz CT molecular complexity index is 572. The molecular formula is C12H11N3O3. The number of ether oxygens (including phenoxy) is 2. The zero-order valence-corrected chi connectivity index (χ0v) is 9.95. The third-order valence-electron chi connectivity index (χ3n) is 2.25. The van der Waals surface area contributed by atoms with Crippen LogP contribution in [0.25, 0.3) is 0 Å². The van der Waals surface area contributed by atoms with Gasteiger partial charge in [-0.3, -0.25) is 4.98 Å². The Balaban J connectivity index is 2.35. The molecule has 0 spiro atoms. The maximum atomic E-state index is 11.5. The minimum Gasteiger partial charge on any atom is -0.465 e. The van der Waals surface area contributed by atoms with Gasteiger partial charge in [-0.15, -0.1) is 0 Å². The van der Waals surface area contributed by atoms with E-state index >= 15 is 0 Å². The number of pyridine rings is 1. The highest BCUT2D eigenvalue weighted by atomic mass is 16.5. The molecule has 0 radical (unpaired) electrons. The van der Waals surface area contributed by atoms with E-state index in [9.17, 15) is 4.79 Å². The fourth-order valence-electron chi connectivity index (χ4n) is 1.33. The first-order valence-electron chi connectivity index (χ1n) is 5.20. The minimum absolute atomic E-state index is 0.146. The maximum absolute atomic E-state index is 11.5. The third kappa shape index (κ3) is 2.42. The van der Waals surface area contributed by atoms with Gasteiger partial charge in [-0.2, -0.15) is 0 Å². The number of aromatic nitrogens is 3. The van der Waals surface area contributed by atoms with Crippen molar-refractivity contribution in [3.8, 4) is 11.6 Å². The minimum atomic E-state index is -0.549. The van der Waals surface area contributed by atoms with Crippen molar-refractivity contribution in [3.05, 3.63) is 42.1 Å². The molecule has 0 bridgehead atoms. The van der Waals surface area contributed by atoms with Crippen molar-refractivity contribution < 1.29 is 14.3 Å². The van der Waals surface area contributed by atoms with Gasteiger partial charge in [0.1, 0.15) is 11.9 Å². The summed E-state index contributed by atoms with van der Waals surface area (Å²) in [5.74, 6) is 0.126. The highest BCUT2D eigenvalue weighted by Gasteiger charge is 2.16. The van der Waals surface area contributed by atoms with Crippen LogP contribution < -0.4 is 4.74 Å². The van der Waals surface area contributed by atoms with E-state index in [2.05, 4.69) is 19.7 Å². The van der Waals surface area contributed by atoms with Crippen LogP contribution in [0.4, 0.5) is 0 Å². The van der Waals surface area contributed by atoms with Gasteiger partial charge in [0.05, 0.1) is 12.8 Å². The SMILES string of the molecule is COC(=O)c1cncnc1Oc1cccnc1C. The van der Waals surface area contributed by atoms with E-state index in [0.29, 0.717) is 11.4 Å². The molecule has 0 N–H and O–H groups in total. The number of carbonyl (C=O) groups excluding carboxylic acids is 1. The topological polar surface area (TPSA) is 74.2 Å². The smallest absolute Gasteiger partial charge is 0.345 e. The Kier molecular flexibility index (Phi) is 3.47. The second-order valence-electron chi connectivity index (χ2n) is 3.42. The van der Waals surface area contributed by atoms with Gasteiger partial charge in [-0.1, -0.05) is 0 Å². The first-order chi connectivity index (χ1) is 8.72. The zero-order valence-electron chi connectivity index (χ0n) is 9.95. The fourth-order valence-corrected chi connectivity index (χ4v) is 1.33. The molecule has 0 aliphatic rings. The lowest BCUT2D eigenvalue weighted by atomic mass is 10.3. The highest BCUT2D eigenvalue weighted by molar-refractivity contribution is 5.91. The summed E-state index contributed by atoms with van der Waals surface area (Å²) in [6.07, 6.45) is 4.30. The Morgan fingerprint density at radius 1 is 1.33 bits per heavy atom. The van der Waals surface area contributed by atoms with Crippen molar-refractivity contribution in [1.29, 1.82) is 0 Å². The van der Waals surface area contributed by atoms with Crippen molar-refractivity contribution in [2.24, 2.45) is 0 Å². The van der Waals surface area contributed by atoms with Gasteiger partial charge in [0.15, 0.2) is 5.75 Å². The van der Waals surface area contributed by atoms with Crippen LogP contribution in [-0.2, 0) is 4.74 Å². The summed E-state index contributed by atoms with van der Waals surface area (Å²) in [6, 6.07) is 3.48. The van der Waals surface area contributed by atoms with Gasteiger partial charge >= 0.3 is 5.97 Å². The van der Waals surface area contributed by atoms with Crippen LogP contribution in [0, 0.1) is 6.92 Å². The van der Waals surface area contributed by atoms with Crippen molar-refractivity contribution >= 4 is 5.97 Å². The van der Waals surface area contributed by atoms with E-state index in [-0.39, 0.29) is 11.4 Å². The first kappa shape index (κ1) is 12.0. The molecule has 0 amide bonds. The Hall–Kier alpha value is -2.50. The lowest BCUT2D eigenvalue weighted by molar-refractivity contribution is 0.0596. The molecule has 92 valence electrons. The number of hydrogen-bond acceptors (Lipinski definition) is 6. The van der Waals surface area contributed by atoms with Gasteiger partial charge < -0.3 is 9.47 Å². The van der Waals surface area contributed by atoms with E-state index in [1.54, 1.807) is 25.3 Å². The van der Waals surface area contributed by atoms with Crippen molar-refractivity contribution in [2.45, 2.75) is 6.92 Å². The number of hydrogen-bond donors (Lipinski definition) is 0. The second-order valence-corrected chi connectivity index (χ2v) is 3.42. The predicted octanol–water partition coefficient (Wildman–Crippen LogP) is 1.76. The molecule has 0 atom stereocenters. The van der Waals surface area contributed by atoms with Crippen LogP contribution >= 0.6 is 0 Å². The van der Waals surface area contributed by atoms with E-state index in [1.807, 2.05) is 0 Å². The van der Waals surface area contributed by atoms with Crippen LogP contribution in [0.3, 0.4) is 0 Å². The van der Waals surface area contributed by atoms with Crippen molar-refractivity contribution in [3.63, 3.8) is 0 Å². The lowest BCUT2D eigenvalue weighted by Crippen LogP contribution is -2.06. The molecule has 6 nitrogen and oxygen atoms in total. The van der Waals surface area contributed by atoms with Gasteiger partial charge in [-0.05, 0) is 19.1 Å². The first-order valence-corrected chi connectivity index (χ1v) is 5.20.